The lowest BCUT2D eigenvalue weighted by molar-refractivity contribution is -0.274. The van der Waals surface area contributed by atoms with E-state index in [1.165, 1.54) is 42.0 Å². The van der Waals surface area contributed by atoms with Gasteiger partial charge in [0, 0.05) is 5.69 Å². The van der Waals surface area contributed by atoms with Crippen LogP contribution in [0.15, 0.2) is 42.5 Å². The van der Waals surface area contributed by atoms with Crippen molar-refractivity contribution in [3.63, 3.8) is 0 Å². The molecule has 1 aromatic heterocycles. The summed E-state index contributed by atoms with van der Waals surface area (Å²) in [5, 5.41) is 0.0986. The normalized spacial score (nSPS) is 11.6. The maximum atomic E-state index is 12.2. The van der Waals surface area contributed by atoms with E-state index >= 15 is 0 Å². The number of methoxy groups -OCH3 is 1. The summed E-state index contributed by atoms with van der Waals surface area (Å²) in [5.41, 5.74) is 1.84. The van der Waals surface area contributed by atoms with Gasteiger partial charge in [0.05, 0.1) is 23.7 Å². The number of fused-ring (bicyclic) bond motifs is 1. The lowest BCUT2D eigenvalue weighted by Gasteiger charge is -2.10. The number of nitrogens with zero attached hydrogens (tertiary/aromatic N) is 2. The molecule has 0 N–H and O–H groups in total. The van der Waals surface area contributed by atoms with Crippen LogP contribution in [-0.2, 0) is 4.74 Å². The topological polar surface area (TPSA) is 53.3 Å². The fourth-order valence-corrected chi connectivity index (χ4v) is 2.62. The number of esters is 1. The number of ether oxygens (including phenoxy) is 2. The van der Waals surface area contributed by atoms with Crippen LogP contribution in [0.3, 0.4) is 0 Å². The Balaban J connectivity index is 2.01. The molecule has 0 saturated heterocycles. The summed E-state index contributed by atoms with van der Waals surface area (Å²) in [7, 11) is 1.27. The Bertz CT molecular complexity index is 936. The third-order valence-corrected chi connectivity index (χ3v) is 3.62. The number of alkyl halides is 3. The molecule has 130 valence electrons. The Labute approximate surface area is 144 Å². The van der Waals surface area contributed by atoms with Crippen molar-refractivity contribution >= 4 is 28.6 Å². The van der Waals surface area contributed by atoms with Crippen molar-refractivity contribution < 1.29 is 27.4 Å². The zero-order valence-corrected chi connectivity index (χ0v) is 13.4. The molecule has 2 aromatic carbocycles. The molecule has 9 heteroatoms. The molecule has 3 aromatic rings. The van der Waals surface area contributed by atoms with Gasteiger partial charge in [0.1, 0.15) is 5.75 Å². The minimum Gasteiger partial charge on any atom is -0.465 e. The van der Waals surface area contributed by atoms with E-state index in [2.05, 4.69) is 14.5 Å². The first kappa shape index (κ1) is 17.1. The Morgan fingerprint density at radius 1 is 1.16 bits per heavy atom. The predicted molar refractivity (Wildman–Crippen MR) is 84.1 cm³/mol. The van der Waals surface area contributed by atoms with Crippen LogP contribution in [0.25, 0.3) is 16.7 Å². The van der Waals surface area contributed by atoms with Crippen LogP contribution in [-0.4, -0.2) is 29.0 Å². The molecule has 0 aliphatic carbocycles. The first-order chi connectivity index (χ1) is 11.8. The highest BCUT2D eigenvalue weighted by molar-refractivity contribution is 6.29. The van der Waals surface area contributed by atoms with Crippen LogP contribution < -0.4 is 4.74 Å². The van der Waals surface area contributed by atoms with Crippen molar-refractivity contribution in [2.45, 2.75) is 6.36 Å². The van der Waals surface area contributed by atoms with Crippen LogP contribution in [0.2, 0.25) is 5.28 Å². The molecule has 0 saturated carbocycles. The van der Waals surface area contributed by atoms with Crippen molar-refractivity contribution in [3.8, 4) is 11.4 Å². The molecule has 0 spiro atoms. The van der Waals surface area contributed by atoms with E-state index in [4.69, 9.17) is 11.6 Å². The number of rotatable bonds is 3. The standard InChI is InChI=1S/C16H10ClF3N2O3/c1-24-14(23)9-2-7-13-12(8-9)21-15(17)22(13)10-3-5-11(6-4-10)25-16(18,19)20/h2-8H,1H3. The monoisotopic (exact) mass is 370 g/mol. The average Bonchev–Trinajstić information content (AvgIpc) is 2.88. The summed E-state index contributed by atoms with van der Waals surface area (Å²) >= 11 is 6.14. The number of hydrogen-bond acceptors (Lipinski definition) is 4. The van der Waals surface area contributed by atoms with Gasteiger partial charge in [0.25, 0.3) is 0 Å². The van der Waals surface area contributed by atoms with Gasteiger partial charge in [-0.25, -0.2) is 9.78 Å². The van der Waals surface area contributed by atoms with E-state index in [1.807, 2.05) is 0 Å². The second kappa shape index (κ2) is 6.29. The van der Waals surface area contributed by atoms with Crippen molar-refractivity contribution in [1.29, 1.82) is 0 Å². The van der Waals surface area contributed by atoms with Crippen molar-refractivity contribution in [3.05, 3.63) is 53.3 Å². The molecular weight excluding hydrogens is 361 g/mol. The summed E-state index contributed by atoms with van der Waals surface area (Å²) in [4.78, 5) is 15.7. The molecule has 5 nitrogen and oxygen atoms in total. The molecule has 1 heterocycles. The van der Waals surface area contributed by atoms with Gasteiger partial charge in [-0.15, -0.1) is 13.2 Å². The smallest absolute Gasteiger partial charge is 0.465 e. The van der Waals surface area contributed by atoms with Crippen LogP contribution in [0.4, 0.5) is 13.2 Å². The molecule has 0 amide bonds. The van der Waals surface area contributed by atoms with Crippen molar-refractivity contribution in [2.75, 3.05) is 7.11 Å². The van der Waals surface area contributed by atoms with Gasteiger partial charge in [-0.05, 0) is 54.1 Å². The van der Waals surface area contributed by atoms with Gasteiger partial charge in [-0.3, -0.25) is 4.57 Å². The third kappa shape index (κ3) is 3.53. The van der Waals surface area contributed by atoms with E-state index in [9.17, 15) is 18.0 Å². The van der Waals surface area contributed by atoms with E-state index < -0.39 is 12.3 Å². The summed E-state index contributed by atoms with van der Waals surface area (Å²) in [6.45, 7) is 0. The van der Waals surface area contributed by atoms with Crippen molar-refractivity contribution in [1.82, 2.24) is 9.55 Å². The molecule has 0 radical (unpaired) electrons. The molecule has 0 bridgehead atoms. The van der Waals surface area contributed by atoms with E-state index in [-0.39, 0.29) is 11.0 Å². The highest BCUT2D eigenvalue weighted by Crippen LogP contribution is 2.28. The first-order valence-corrected chi connectivity index (χ1v) is 7.29. The Hall–Kier alpha value is -2.74. The fraction of sp³-hybridized carbons (Fsp3) is 0.125. The van der Waals surface area contributed by atoms with E-state index in [0.29, 0.717) is 22.3 Å². The van der Waals surface area contributed by atoms with E-state index in [1.54, 1.807) is 12.1 Å². The maximum Gasteiger partial charge on any atom is 0.573 e. The second-order valence-corrected chi connectivity index (χ2v) is 5.29. The maximum absolute atomic E-state index is 12.2. The minimum atomic E-state index is -4.76. The van der Waals surface area contributed by atoms with Gasteiger partial charge < -0.3 is 9.47 Å². The number of aromatic nitrogens is 2. The van der Waals surface area contributed by atoms with Gasteiger partial charge in [0.2, 0.25) is 5.28 Å². The van der Waals surface area contributed by atoms with Crippen LogP contribution in [0.1, 0.15) is 10.4 Å². The van der Waals surface area contributed by atoms with Crippen molar-refractivity contribution in [2.24, 2.45) is 0 Å². The number of imidazole rings is 1. The number of carbonyl (C=O) groups is 1. The summed E-state index contributed by atoms with van der Waals surface area (Å²) in [5.74, 6) is -0.856. The number of halogens is 4. The second-order valence-electron chi connectivity index (χ2n) is 4.95. The quantitative estimate of drug-likeness (QED) is 0.643. The zero-order chi connectivity index (χ0) is 18.2. The molecule has 0 aliphatic rings. The lowest BCUT2D eigenvalue weighted by atomic mass is 10.2. The largest absolute Gasteiger partial charge is 0.573 e. The SMILES string of the molecule is COC(=O)c1ccc2c(c1)nc(Cl)n2-c1ccc(OC(F)(F)F)cc1. The Morgan fingerprint density at radius 3 is 2.44 bits per heavy atom. The number of hydrogen-bond donors (Lipinski definition) is 0. The van der Waals surface area contributed by atoms with Crippen LogP contribution in [0, 0.1) is 0 Å². The molecule has 25 heavy (non-hydrogen) atoms. The number of carbonyl (C=O) groups excluding carboxylic acids is 1. The summed E-state index contributed by atoms with van der Waals surface area (Å²) < 4.78 is 46.7. The zero-order valence-electron chi connectivity index (χ0n) is 12.7. The molecule has 0 unspecified atom stereocenters. The Morgan fingerprint density at radius 2 is 1.84 bits per heavy atom. The third-order valence-electron chi connectivity index (χ3n) is 3.36. The lowest BCUT2D eigenvalue weighted by Crippen LogP contribution is -2.17. The molecular formula is C16H10ClF3N2O3. The van der Waals surface area contributed by atoms with Crippen LogP contribution >= 0.6 is 11.6 Å². The summed E-state index contributed by atoms with van der Waals surface area (Å²) in [6.07, 6.45) is -4.76. The molecule has 3 rings (SSSR count). The average molecular weight is 371 g/mol. The van der Waals surface area contributed by atoms with E-state index in [0.717, 1.165) is 0 Å². The van der Waals surface area contributed by atoms with Gasteiger partial charge in [0.15, 0.2) is 0 Å². The molecule has 0 fully saturated rings. The highest BCUT2D eigenvalue weighted by atomic mass is 35.5. The Kier molecular flexibility index (Phi) is 4.30. The van der Waals surface area contributed by atoms with Gasteiger partial charge in [-0.1, -0.05) is 0 Å². The highest BCUT2D eigenvalue weighted by Gasteiger charge is 2.31. The number of benzene rings is 2. The summed E-state index contributed by atoms with van der Waals surface area (Å²) in [6, 6.07) is 9.88. The van der Waals surface area contributed by atoms with Gasteiger partial charge >= 0.3 is 12.3 Å². The molecule has 0 atom stereocenters. The molecule has 0 aliphatic heterocycles. The first-order valence-electron chi connectivity index (χ1n) is 6.91. The minimum absolute atomic E-state index is 0.0986. The van der Waals surface area contributed by atoms with Crippen LogP contribution in [0.5, 0.6) is 5.75 Å². The van der Waals surface area contributed by atoms with Gasteiger partial charge in [-0.2, -0.15) is 0 Å². The fourth-order valence-electron chi connectivity index (χ4n) is 2.34. The predicted octanol–water partition coefficient (Wildman–Crippen LogP) is 4.36.